The molecule has 0 bridgehead atoms. The molecule has 8 heteroatoms. The Morgan fingerprint density at radius 3 is 0.750 bits per heavy atom. The van der Waals surface area contributed by atoms with E-state index < -0.39 is 11.9 Å². The van der Waals surface area contributed by atoms with Gasteiger partial charge in [-0.3, -0.25) is 0 Å². The van der Waals surface area contributed by atoms with Gasteiger partial charge in [-0.1, -0.05) is 117 Å². The van der Waals surface area contributed by atoms with Crippen molar-refractivity contribution in [1.82, 2.24) is 0 Å². The van der Waals surface area contributed by atoms with Gasteiger partial charge in [-0.15, -0.1) is 0 Å². The summed E-state index contributed by atoms with van der Waals surface area (Å²) in [6.45, 7) is 13.6. The monoisotopic (exact) mass is 913 g/mol. The van der Waals surface area contributed by atoms with Crippen molar-refractivity contribution in [3.63, 3.8) is 0 Å². The van der Waals surface area contributed by atoms with Crippen LogP contribution < -0.4 is 15.6 Å². The molecule has 0 atom stereocenters. The third kappa shape index (κ3) is 81.0. The second-order valence-electron chi connectivity index (χ2n) is 12.8. The van der Waals surface area contributed by atoms with Crippen LogP contribution in [0.2, 0.25) is 17.7 Å². The summed E-state index contributed by atoms with van der Waals surface area (Å²) in [5.41, 5.74) is 0. The van der Waals surface area contributed by atoms with Crippen LogP contribution in [0.5, 0.6) is 0 Å². The first-order valence-corrected chi connectivity index (χ1v) is 30.0. The van der Waals surface area contributed by atoms with Crippen molar-refractivity contribution in [3.8, 4) is 0 Å². The predicted molar refractivity (Wildman–Crippen MR) is 218 cm³/mol. The fraction of sp³-hybridized carbons (Fsp3) is 0.950. The molecule has 0 spiro atoms. The molecule has 5 nitrogen and oxygen atoms in total. The van der Waals surface area contributed by atoms with E-state index in [1.807, 2.05) is 0 Å². The number of hydrogen-bond donors (Lipinski definition) is 1. The van der Waals surface area contributed by atoms with Crippen molar-refractivity contribution < 1.29 is 19.8 Å². The minimum absolute atomic E-state index is 0.149. The molecular formula is C40H87NO4SiSn2+2. The van der Waals surface area contributed by atoms with Crippen molar-refractivity contribution in [2.75, 3.05) is 0 Å². The average molecular weight is 912 g/mol. The number of unbranched alkanes of at least 4 members (excludes halogenated alkanes) is 20. The maximum Gasteiger partial charge on any atom is 0.0716 e. The van der Waals surface area contributed by atoms with E-state index in [2.05, 4.69) is 46.9 Å². The molecule has 0 aromatic heterocycles. The molecule has 0 unspecified atom stereocenters. The minimum atomic E-state index is -0.909. The van der Waals surface area contributed by atoms with Crippen LogP contribution in [0.25, 0.3) is 0 Å². The smallest absolute Gasteiger partial charge is 0.0716 e. The van der Waals surface area contributed by atoms with E-state index in [-0.39, 0.29) is 55.1 Å². The number of nitrogens with two attached hydrogens (primary N) is 1. The van der Waals surface area contributed by atoms with Gasteiger partial charge in [0.25, 0.3) is 0 Å². The molecule has 0 amide bonds. The van der Waals surface area contributed by atoms with Crippen molar-refractivity contribution in [3.05, 3.63) is 0 Å². The fourth-order valence-corrected chi connectivity index (χ4v) is 12.9. The van der Waals surface area contributed by atoms with E-state index in [4.69, 9.17) is 0 Å². The first-order chi connectivity index (χ1) is 23.4. The van der Waals surface area contributed by atoms with Crippen LogP contribution in [-0.4, -0.2) is 64.6 Å². The summed E-state index contributed by atoms with van der Waals surface area (Å²) in [6, 6.07) is 0. The molecule has 0 aliphatic rings. The Balaban J connectivity index is -0.000000172. The van der Waals surface area contributed by atoms with Gasteiger partial charge in [0.1, 0.15) is 0 Å². The van der Waals surface area contributed by atoms with Crippen molar-refractivity contribution in [1.29, 1.82) is 0 Å². The molecular weight excluding hydrogens is 824 g/mol. The zero-order valence-corrected chi connectivity index (χ0v) is 41.5. The predicted octanol–water partition coefficient (Wildman–Crippen LogP) is 9.79. The van der Waals surface area contributed by atoms with Crippen LogP contribution in [-0.2, 0) is 9.59 Å². The van der Waals surface area contributed by atoms with Crippen LogP contribution in [0, 0.1) is 0 Å². The molecule has 0 saturated carbocycles. The molecule has 0 aliphatic carbocycles. The Hall–Kier alpha value is 0.714. The summed E-state index contributed by atoms with van der Waals surface area (Å²) in [7, 11) is 0.806. The molecule has 0 fully saturated rings. The molecule has 48 heavy (non-hydrogen) atoms. The van der Waals surface area contributed by atoms with Crippen LogP contribution in [0.1, 0.15) is 221 Å². The molecule has 0 aromatic carbocycles. The number of aliphatic carboxylic acids is 2. The van der Waals surface area contributed by atoms with Crippen molar-refractivity contribution in [2.45, 2.75) is 239 Å². The second kappa shape index (κ2) is 62.8. The summed E-state index contributed by atoms with van der Waals surface area (Å²) in [6.07, 6.45) is 34.0. The third-order valence-corrected chi connectivity index (χ3v) is 15.9. The SMILES string of the molecule is CCCCCCCCCCCC(=O)[O-].CCCCCCCCCCCC(=O)[O-].CCC[CH2][Sn+2][CH2]CCC.CCC[CH2][Sn+2][CH2]CCC.N[SiH3]. The minimum Gasteiger partial charge on any atom is -0.358 e. The zero-order chi connectivity index (χ0) is 37.2. The Kier molecular flexibility index (Phi) is 75.9. The van der Waals surface area contributed by atoms with Gasteiger partial charge < -0.3 is 25.2 Å². The van der Waals surface area contributed by atoms with Crippen LogP contribution in [0.15, 0.2) is 0 Å². The molecule has 2 N–H and O–H groups in total. The topological polar surface area (TPSA) is 106 Å². The van der Waals surface area contributed by atoms with Crippen molar-refractivity contribution >= 4 is 64.6 Å². The fourth-order valence-electron chi connectivity index (χ4n) is 4.62. The van der Waals surface area contributed by atoms with Gasteiger partial charge in [-0.05, 0) is 25.7 Å². The van der Waals surface area contributed by atoms with E-state index >= 15 is 0 Å². The number of carboxylic acid groups (broad SMARTS) is 2. The van der Waals surface area contributed by atoms with E-state index in [1.54, 1.807) is 17.7 Å². The van der Waals surface area contributed by atoms with Gasteiger partial charge in [0, 0.05) is 11.9 Å². The van der Waals surface area contributed by atoms with Crippen molar-refractivity contribution in [2.24, 2.45) is 5.40 Å². The first-order valence-electron chi connectivity index (χ1n) is 20.8. The number of hydrogen-bond acceptors (Lipinski definition) is 5. The molecule has 0 rings (SSSR count). The molecule has 0 saturated heterocycles. The van der Waals surface area contributed by atoms with Crippen LogP contribution >= 0.6 is 0 Å². The van der Waals surface area contributed by atoms with Gasteiger partial charge in [-0.2, -0.15) is 0 Å². The zero-order valence-electron chi connectivity index (χ0n) is 33.8. The maximum absolute atomic E-state index is 10.1. The van der Waals surface area contributed by atoms with Gasteiger partial charge in [0.2, 0.25) is 0 Å². The Bertz CT molecular complexity index is 487. The Morgan fingerprint density at radius 2 is 0.562 bits per heavy atom. The third-order valence-electron chi connectivity index (χ3n) is 7.80. The maximum atomic E-state index is 10.1. The summed E-state index contributed by atoms with van der Waals surface area (Å²) >= 11 is 0.299. The van der Waals surface area contributed by atoms with Gasteiger partial charge in [0.15, 0.2) is 0 Å². The molecule has 0 radical (unpaired) electrons. The normalized spacial score (nSPS) is 9.65. The number of carbonyl (C=O) groups excluding carboxylic acids is 2. The summed E-state index contributed by atoms with van der Waals surface area (Å²) in [5, 5.41) is 24.8. The largest absolute Gasteiger partial charge is 0.358 e. The molecule has 0 aromatic rings. The first kappa shape index (κ1) is 58.0. The standard InChI is InChI=1S/2C12H24O2.4C4H9.H5NSi.2Sn/c2*1-2-3-4-5-6-7-8-9-10-11-12(13)14;4*1-3-4-2;1-2;;/h2*2-11H2,1H3,(H,13,14);4*1,3-4H2,2H3;1H2,2H3;;/q;;;;;;;2*+2/p-2. The van der Waals surface area contributed by atoms with E-state index in [1.165, 1.54) is 141 Å². The van der Waals surface area contributed by atoms with Gasteiger partial charge >= 0.3 is 139 Å². The molecule has 0 heterocycles. The summed E-state index contributed by atoms with van der Waals surface area (Å²) < 4.78 is 6.50. The van der Waals surface area contributed by atoms with Crippen LogP contribution in [0.3, 0.4) is 0 Å². The summed E-state index contributed by atoms with van der Waals surface area (Å²) in [4.78, 5) is 20.2. The Labute approximate surface area is 326 Å². The quantitative estimate of drug-likeness (QED) is 0.0535. The number of carbonyl (C=O) groups is 2. The molecule has 0 aliphatic heterocycles. The van der Waals surface area contributed by atoms with Crippen LogP contribution in [0.4, 0.5) is 0 Å². The van der Waals surface area contributed by atoms with E-state index in [0.29, 0.717) is 0 Å². The van der Waals surface area contributed by atoms with Gasteiger partial charge in [-0.25, -0.2) is 0 Å². The van der Waals surface area contributed by atoms with Gasteiger partial charge in [0.05, 0.1) is 10.4 Å². The second-order valence-corrected chi connectivity index (χ2v) is 21.4. The Morgan fingerprint density at radius 1 is 0.375 bits per heavy atom. The molecule has 286 valence electrons. The van der Waals surface area contributed by atoms with E-state index in [0.717, 1.165) is 36.1 Å². The summed E-state index contributed by atoms with van der Waals surface area (Å²) in [5.74, 6) is -1.82. The number of carboxylic acids is 2. The average Bonchev–Trinajstić information content (AvgIpc) is 3.08. The van der Waals surface area contributed by atoms with E-state index in [9.17, 15) is 19.8 Å². The number of rotatable bonds is 32.